The van der Waals surface area contributed by atoms with Gasteiger partial charge in [-0.05, 0) is 42.1 Å². The molecule has 2 nitrogen and oxygen atoms in total. The van der Waals surface area contributed by atoms with Crippen molar-refractivity contribution < 1.29 is 0 Å². The van der Waals surface area contributed by atoms with E-state index in [1.807, 2.05) is 22.7 Å². The molecule has 0 aliphatic carbocycles. The summed E-state index contributed by atoms with van der Waals surface area (Å²) in [5.74, 6) is 0. The topological polar surface area (TPSA) is 24.9 Å². The molecule has 1 unspecified atom stereocenters. The van der Waals surface area contributed by atoms with Crippen LogP contribution in [0.25, 0.3) is 10.2 Å². The minimum atomic E-state index is 0.380. The van der Waals surface area contributed by atoms with Crippen LogP contribution in [0.4, 0.5) is 0 Å². The van der Waals surface area contributed by atoms with Gasteiger partial charge in [0.15, 0.2) is 0 Å². The zero-order valence-electron chi connectivity index (χ0n) is 12.4. The van der Waals surface area contributed by atoms with Crippen LogP contribution in [-0.2, 0) is 12.8 Å². The van der Waals surface area contributed by atoms with Crippen LogP contribution in [0.1, 0.15) is 35.3 Å². The van der Waals surface area contributed by atoms with Crippen LogP contribution < -0.4 is 5.32 Å². The number of benzene rings is 1. The fourth-order valence-corrected chi connectivity index (χ4v) is 4.72. The van der Waals surface area contributed by atoms with Gasteiger partial charge in [-0.15, -0.1) is 22.7 Å². The van der Waals surface area contributed by atoms with Crippen molar-refractivity contribution in [3.63, 3.8) is 0 Å². The molecule has 4 heteroatoms. The highest BCUT2D eigenvalue weighted by Crippen LogP contribution is 2.30. The number of rotatable bonds is 6. The van der Waals surface area contributed by atoms with Crippen LogP contribution >= 0.6 is 22.7 Å². The predicted molar refractivity (Wildman–Crippen MR) is 93.4 cm³/mol. The monoisotopic (exact) mass is 316 g/mol. The van der Waals surface area contributed by atoms with Gasteiger partial charge in [-0.25, -0.2) is 4.98 Å². The molecule has 0 saturated carbocycles. The maximum Gasteiger partial charge on any atom is 0.0957 e. The molecule has 1 N–H and O–H groups in total. The van der Waals surface area contributed by atoms with E-state index in [4.69, 9.17) is 4.98 Å². The number of nitrogens with one attached hydrogen (secondary N) is 1. The molecule has 3 rings (SSSR count). The van der Waals surface area contributed by atoms with Crippen molar-refractivity contribution in [3.05, 3.63) is 51.2 Å². The van der Waals surface area contributed by atoms with Crippen LogP contribution in [0, 0.1) is 0 Å². The Bertz CT molecular complexity index is 681. The molecule has 110 valence electrons. The summed E-state index contributed by atoms with van der Waals surface area (Å²) >= 11 is 3.68. The van der Waals surface area contributed by atoms with Gasteiger partial charge in [0.2, 0.25) is 0 Å². The molecule has 0 radical (unpaired) electrons. The highest BCUT2D eigenvalue weighted by Gasteiger charge is 2.17. The highest BCUT2D eigenvalue weighted by molar-refractivity contribution is 7.18. The van der Waals surface area contributed by atoms with Crippen molar-refractivity contribution in [2.24, 2.45) is 0 Å². The van der Waals surface area contributed by atoms with Crippen molar-refractivity contribution >= 4 is 32.9 Å². The number of hydrogen-bond acceptors (Lipinski definition) is 4. The Balaban J connectivity index is 1.88. The SMILES string of the molecule is CCNC(Cc1nc2ccccc2s1)c1sccc1CC. The zero-order chi connectivity index (χ0) is 14.7. The summed E-state index contributed by atoms with van der Waals surface area (Å²) < 4.78 is 1.28. The largest absolute Gasteiger partial charge is 0.309 e. The maximum absolute atomic E-state index is 4.78. The summed E-state index contributed by atoms with van der Waals surface area (Å²) in [5, 5.41) is 7.05. The second kappa shape index (κ2) is 6.69. The van der Waals surface area contributed by atoms with Crippen molar-refractivity contribution in [2.75, 3.05) is 6.54 Å². The van der Waals surface area contributed by atoms with E-state index in [2.05, 4.69) is 54.9 Å². The van der Waals surface area contributed by atoms with Crippen LogP contribution in [0.3, 0.4) is 0 Å². The lowest BCUT2D eigenvalue weighted by molar-refractivity contribution is 0.554. The van der Waals surface area contributed by atoms with Crippen LogP contribution in [-0.4, -0.2) is 11.5 Å². The van der Waals surface area contributed by atoms with Gasteiger partial charge in [-0.3, -0.25) is 0 Å². The highest BCUT2D eigenvalue weighted by atomic mass is 32.1. The second-order valence-corrected chi connectivity index (χ2v) is 7.12. The third-order valence-electron chi connectivity index (χ3n) is 3.65. The number of para-hydroxylation sites is 1. The molecule has 0 aliphatic rings. The van der Waals surface area contributed by atoms with E-state index in [9.17, 15) is 0 Å². The Morgan fingerprint density at radius 3 is 2.81 bits per heavy atom. The third kappa shape index (κ3) is 3.18. The molecule has 21 heavy (non-hydrogen) atoms. The van der Waals surface area contributed by atoms with Crippen LogP contribution in [0.15, 0.2) is 35.7 Å². The zero-order valence-corrected chi connectivity index (χ0v) is 14.1. The lowest BCUT2D eigenvalue weighted by Crippen LogP contribution is -2.22. The summed E-state index contributed by atoms with van der Waals surface area (Å²) in [7, 11) is 0. The lowest BCUT2D eigenvalue weighted by atomic mass is 10.1. The number of thiophene rings is 1. The number of aryl methyl sites for hydroxylation is 1. The molecule has 0 saturated heterocycles. The Labute approximate surface area is 133 Å². The maximum atomic E-state index is 4.78. The number of hydrogen-bond donors (Lipinski definition) is 1. The fraction of sp³-hybridized carbons (Fsp3) is 0.353. The van der Waals surface area contributed by atoms with Crippen molar-refractivity contribution in [2.45, 2.75) is 32.7 Å². The van der Waals surface area contributed by atoms with Crippen LogP contribution in [0.5, 0.6) is 0 Å². The van der Waals surface area contributed by atoms with Crippen LogP contribution in [0.2, 0.25) is 0 Å². The number of thiazole rings is 1. The lowest BCUT2D eigenvalue weighted by Gasteiger charge is -2.17. The molecule has 2 heterocycles. The van der Waals surface area contributed by atoms with Gasteiger partial charge in [0.1, 0.15) is 0 Å². The van der Waals surface area contributed by atoms with Gasteiger partial charge in [0.05, 0.1) is 15.2 Å². The minimum absolute atomic E-state index is 0.380. The number of aromatic nitrogens is 1. The van der Waals surface area contributed by atoms with Crippen molar-refractivity contribution in [1.29, 1.82) is 0 Å². The number of fused-ring (bicyclic) bond motifs is 1. The van der Waals surface area contributed by atoms with E-state index >= 15 is 0 Å². The molecular formula is C17H20N2S2. The Morgan fingerprint density at radius 1 is 1.19 bits per heavy atom. The smallest absolute Gasteiger partial charge is 0.0957 e. The number of nitrogens with zero attached hydrogens (tertiary/aromatic N) is 1. The molecule has 0 spiro atoms. The third-order valence-corrected chi connectivity index (χ3v) is 5.78. The molecule has 3 aromatic rings. The number of likely N-dealkylation sites (N-methyl/N-ethyl adjacent to an activating group) is 1. The second-order valence-electron chi connectivity index (χ2n) is 5.05. The summed E-state index contributed by atoms with van der Waals surface area (Å²) in [4.78, 5) is 6.25. The van der Waals surface area contributed by atoms with Crippen molar-refractivity contribution in [1.82, 2.24) is 10.3 Å². The summed E-state index contributed by atoms with van der Waals surface area (Å²) in [6, 6.07) is 11.0. The van der Waals surface area contributed by atoms with Gasteiger partial charge in [-0.2, -0.15) is 0 Å². The average molecular weight is 316 g/mol. The van der Waals surface area contributed by atoms with E-state index < -0.39 is 0 Å². The molecule has 1 aromatic carbocycles. The Kier molecular flexibility index (Phi) is 4.68. The first-order valence-corrected chi connectivity index (χ1v) is 9.15. The summed E-state index contributed by atoms with van der Waals surface area (Å²) in [5.41, 5.74) is 2.58. The summed E-state index contributed by atoms with van der Waals surface area (Å²) in [6.45, 7) is 5.38. The fourth-order valence-electron chi connectivity index (χ4n) is 2.63. The molecule has 2 aromatic heterocycles. The summed E-state index contributed by atoms with van der Waals surface area (Å²) in [6.07, 6.45) is 2.07. The predicted octanol–water partition coefficient (Wildman–Crippen LogP) is 4.81. The van der Waals surface area contributed by atoms with Gasteiger partial charge in [-0.1, -0.05) is 26.0 Å². The Morgan fingerprint density at radius 2 is 2.05 bits per heavy atom. The molecule has 1 atom stereocenters. The molecular weight excluding hydrogens is 296 g/mol. The van der Waals surface area contributed by atoms with Gasteiger partial charge in [0, 0.05) is 17.3 Å². The van der Waals surface area contributed by atoms with E-state index in [1.165, 1.54) is 20.1 Å². The molecule has 0 fully saturated rings. The van der Waals surface area contributed by atoms with Gasteiger partial charge >= 0.3 is 0 Å². The Hall–Kier alpha value is -1.23. The van der Waals surface area contributed by atoms with Gasteiger partial charge in [0.25, 0.3) is 0 Å². The molecule has 0 amide bonds. The van der Waals surface area contributed by atoms with E-state index in [-0.39, 0.29) is 0 Å². The average Bonchev–Trinajstić information content (AvgIpc) is 3.12. The molecule has 0 aliphatic heterocycles. The first-order valence-electron chi connectivity index (χ1n) is 7.46. The van der Waals surface area contributed by atoms with E-state index in [0.29, 0.717) is 6.04 Å². The standard InChI is InChI=1S/C17H20N2S2/c1-3-12-9-10-20-17(12)14(18-4-2)11-16-19-13-7-5-6-8-15(13)21-16/h5-10,14,18H,3-4,11H2,1-2H3. The first kappa shape index (κ1) is 14.7. The van der Waals surface area contributed by atoms with E-state index in [1.54, 1.807) is 0 Å². The minimum Gasteiger partial charge on any atom is -0.309 e. The normalized spacial score (nSPS) is 12.9. The van der Waals surface area contributed by atoms with Gasteiger partial charge < -0.3 is 5.32 Å². The quantitative estimate of drug-likeness (QED) is 0.705. The van der Waals surface area contributed by atoms with E-state index in [0.717, 1.165) is 24.9 Å². The first-order chi connectivity index (χ1) is 10.3. The van der Waals surface area contributed by atoms with Crippen molar-refractivity contribution in [3.8, 4) is 0 Å². The molecule has 0 bridgehead atoms.